The summed E-state index contributed by atoms with van der Waals surface area (Å²) < 4.78 is 1.75. The smallest absolute Gasteiger partial charge is 0.317 e. The zero-order valence-electron chi connectivity index (χ0n) is 11.5. The number of carbonyl (C=O) groups excluding carboxylic acids is 1. The van der Waals surface area contributed by atoms with Gasteiger partial charge < -0.3 is 15.3 Å². The summed E-state index contributed by atoms with van der Waals surface area (Å²) in [5.41, 5.74) is 2.02. The van der Waals surface area contributed by atoms with E-state index >= 15 is 0 Å². The van der Waals surface area contributed by atoms with Crippen LogP contribution in [0.5, 0.6) is 0 Å². The summed E-state index contributed by atoms with van der Waals surface area (Å²) in [6, 6.07) is -0.193. The summed E-state index contributed by atoms with van der Waals surface area (Å²) in [6.07, 6.45) is 2.23. The molecule has 18 heavy (non-hydrogen) atoms. The van der Waals surface area contributed by atoms with Gasteiger partial charge in [0.15, 0.2) is 0 Å². The van der Waals surface area contributed by atoms with Gasteiger partial charge in [-0.1, -0.05) is 6.92 Å². The fourth-order valence-corrected chi connectivity index (χ4v) is 1.81. The first-order chi connectivity index (χ1) is 8.43. The van der Waals surface area contributed by atoms with Gasteiger partial charge in [0.05, 0.1) is 11.8 Å². The number of rotatable bonds is 5. The van der Waals surface area contributed by atoms with Crippen LogP contribution in [0.1, 0.15) is 25.1 Å². The Balaban J connectivity index is 2.51. The molecule has 1 unspecified atom stereocenters. The van der Waals surface area contributed by atoms with Crippen molar-refractivity contribution in [1.82, 2.24) is 20.0 Å². The third kappa shape index (κ3) is 4.03. The van der Waals surface area contributed by atoms with Crippen molar-refractivity contribution in [2.45, 2.75) is 32.9 Å². The molecule has 0 aromatic carbocycles. The monoisotopic (exact) mass is 254 g/mol. The molecule has 1 heterocycles. The first-order valence-electron chi connectivity index (χ1n) is 6.12. The molecule has 1 aromatic rings. The lowest BCUT2D eigenvalue weighted by Gasteiger charge is -2.19. The first kappa shape index (κ1) is 14.5. The highest BCUT2D eigenvalue weighted by atomic mass is 16.3. The minimum atomic E-state index is -0.523. The second kappa shape index (κ2) is 6.39. The highest BCUT2D eigenvalue weighted by molar-refractivity contribution is 5.73. The summed E-state index contributed by atoms with van der Waals surface area (Å²) >= 11 is 0. The highest BCUT2D eigenvalue weighted by Gasteiger charge is 2.12. The van der Waals surface area contributed by atoms with Gasteiger partial charge in [0.25, 0.3) is 0 Å². The molecule has 6 nitrogen and oxygen atoms in total. The van der Waals surface area contributed by atoms with E-state index in [0.29, 0.717) is 13.1 Å². The van der Waals surface area contributed by atoms with Crippen LogP contribution in [-0.2, 0) is 20.0 Å². The number of carbonyl (C=O) groups is 1. The van der Waals surface area contributed by atoms with Crippen molar-refractivity contribution >= 4 is 6.03 Å². The van der Waals surface area contributed by atoms with Crippen LogP contribution in [-0.4, -0.2) is 45.5 Å². The standard InChI is InChI=1S/C12H22N4O2/c1-5-11-10(8-16(4)14-11)6-13-12(18)15(3)7-9(2)17/h8-9,17H,5-7H2,1-4H3,(H,13,18). The predicted octanol–water partition coefficient (Wildman–Crippen LogP) is 0.505. The van der Waals surface area contributed by atoms with Crippen LogP contribution < -0.4 is 5.32 Å². The van der Waals surface area contributed by atoms with Gasteiger partial charge in [-0.3, -0.25) is 4.68 Å². The number of likely N-dealkylation sites (N-methyl/N-ethyl adjacent to an activating group) is 1. The molecule has 0 saturated heterocycles. The molecule has 0 bridgehead atoms. The molecule has 0 saturated carbocycles. The quantitative estimate of drug-likeness (QED) is 0.804. The Morgan fingerprint density at radius 2 is 2.33 bits per heavy atom. The van der Waals surface area contributed by atoms with E-state index in [4.69, 9.17) is 0 Å². The van der Waals surface area contributed by atoms with Gasteiger partial charge in [0, 0.05) is 38.9 Å². The maximum Gasteiger partial charge on any atom is 0.317 e. The van der Waals surface area contributed by atoms with Crippen LogP contribution in [0.15, 0.2) is 6.20 Å². The summed E-state index contributed by atoms with van der Waals surface area (Å²) in [4.78, 5) is 13.2. The number of urea groups is 1. The van der Waals surface area contributed by atoms with Gasteiger partial charge in [-0.15, -0.1) is 0 Å². The van der Waals surface area contributed by atoms with Crippen molar-refractivity contribution in [2.24, 2.45) is 7.05 Å². The van der Waals surface area contributed by atoms with Gasteiger partial charge in [0.2, 0.25) is 0 Å². The van der Waals surface area contributed by atoms with Crippen molar-refractivity contribution < 1.29 is 9.90 Å². The second-order valence-electron chi connectivity index (χ2n) is 4.52. The topological polar surface area (TPSA) is 70.4 Å². The number of aliphatic hydroxyl groups excluding tert-OH is 1. The number of hydrogen-bond donors (Lipinski definition) is 2. The molecule has 0 fully saturated rings. The molecule has 2 amide bonds. The van der Waals surface area contributed by atoms with E-state index in [0.717, 1.165) is 17.7 Å². The zero-order chi connectivity index (χ0) is 13.7. The minimum Gasteiger partial charge on any atom is -0.392 e. The van der Waals surface area contributed by atoms with E-state index in [-0.39, 0.29) is 6.03 Å². The molecule has 2 N–H and O–H groups in total. The molecule has 1 aromatic heterocycles. The lowest BCUT2D eigenvalue weighted by molar-refractivity contribution is 0.143. The van der Waals surface area contributed by atoms with E-state index in [1.165, 1.54) is 4.90 Å². The lowest BCUT2D eigenvalue weighted by Crippen LogP contribution is -2.40. The molecule has 0 aliphatic rings. The van der Waals surface area contributed by atoms with Crippen molar-refractivity contribution in [1.29, 1.82) is 0 Å². The molecule has 1 rings (SSSR count). The highest BCUT2D eigenvalue weighted by Crippen LogP contribution is 2.06. The molecule has 0 aliphatic heterocycles. The Hall–Kier alpha value is -1.56. The molecule has 102 valence electrons. The van der Waals surface area contributed by atoms with Crippen molar-refractivity contribution in [3.8, 4) is 0 Å². The fraction of sp³-hybridized carbons (Fsp3) is 0.667. The number of nitrogens with one attached hydrogen (secondary N) is 1. The van der Waals surface area contributed by atoms with Crippen LogP contribution >= 0.6 is 0 Å². The summed E-state index contributed by atoms with van der Waals surface area (Å²) in [5, 5.41) is 16.3. The van der Waals surface area contributed by atoms with Gasteiger partial charge in [-0.2, -0.15) is 5.10 Å². The predicted molar refractivity (Wildman–Crippen MR) is 69.1 cm³/mol. The molecule has 1 atom stereocenters. The van der Waals surface area contributed by atoms with Crippen LogP contribution in [0, 0.1) is 0 Å². The Morgan fingerprint density at radius 3 is 2.89 bits per heavy atom. The first-order valence-corrected chi connectivity index (χ1v) is 6.12. The van der Waals surface area contributed by atoms with Crippen molar-refractivity contribution in [2.75, 3.05) is 13.6 Å². The molecule has 0 radical (unpaired) electrons. The number of aryl methyl sites for hydroxylation is 2. The van der Waals surface area contributed by atoms with Crippen molar-refractivity contribution in [3.63, 3.8) is 0 Å². The van der Waals surface area contributed by atoms with Crippen LogP contribution in [0.3, 0.4) is 0 Å². The Morgan fingerprint density at radius 1 is 1.67 bits per heavy atom. The SMILES string of the molecule is CCc1nn(C)cc1CNC(=O)N(C)CC(C)O. The second-order valence-corrected chi connectivity index (χ2v) is 4.52. The third-order valence-electron chi connectivity index (χ3n) is 2.64. The average molecular weight is 254 g/mol. The fourth-order valence-electron chi connectivity index (χ4n) is 1.81. The van der Waals surface area contributed by atoms with E-state index in [1.54, 1.807) is 18.7 Å². The molecular formula is C12H22N4O2. The van der Waals surface area contributed by atoms with E-state index < -0.39 is 6.10 Å². The van der Waals surface area contributed by atoms with E-state index in [1.807, 2.05) is 20.2 Å². The van der Waals surface area contributed by atoms with Gasteiger partial charge in [-0.05, 0) is 13.3 Å². The van der Waals surface area contributed by atoms with Crippen LogP contribution in [0.4, 0.5) is 4.79 Å². The lowest BCUT2D eigenvalue weighted by atomic mass is 10.2. The molecule has 6 heteroatoms. The summed E-state index contributed by atoms with van der Waals surface area (Å²) in [7, 11) is 3.52. The zero-order valence-corrected chi connectivity index (χ0v) is 11.5. The Bertz CT molecular complexity index is 401. The van der Waals surface area contributed by atoms with Gasteiger partial charge in [-0.25, -0.2) is 4.79 Å². The van der Waals surface area contributed by atoms with Gasteiger partial charge in [0.1, 0.15) is 0 Å². The summed E-state index contributed by atoms with van der Waals surface area (Å²) in [5.74, 6) is 0. The normalized spacial score (nSPS) is 12.3. The molecule has 0 spiro atoms. The van der Waals surface area contributed by atoms with Crippen molar-refractivity contribution in [3.05, 3.63) is 17.5 Å². The number of amides is 2. The van der Waals surface area contributed by atoms with Crippen LogP contribution in [0.25, 0.3) is 0 Å². The number of aromatic nitrogens is 2. The average Bonchev–Trinajstić information content (AvgIpc) is 2.65. The number of aliphatic hydroxyl groups is 1. The Labute approximate surface area is 108 Å². The maximum atomic E-state index is 11.7. The minimum absolute atomic E-state index is 0.193. The Kier molecular flexibility index (Phi) is 5.15. The third-order valence-corrected chi connectivity index (χ3v) is 2.64. The van der Waals surface area contributed by atoms with Gasteiger partial charge >= 0.3 is 6.03 Å². The maximum absolute atomic E-state index is 11.7. The summed E-state index contributed by atoms with van der Waals surface area (Å²) in [6.45, 7) is 4.47. The van der Waals surface area contributed by atoms with E-state index in [2.05, 4.69) is 10.4 Å². The molecule has 0 aliphatic carbocycles. The number of hydrogen-bond acceptors (Lipinski definition) is 3. The number of nitrogens with zero attached hydrogens (tertiary/aromatic N) is 3. The van der Waals surface area contributed by atoms with Crippen LogP contribution in [0.2, 0.25) is 0 Å². The van der Waals surface area contributed by atoms with E-state index in [9.17, 15) is 9.90 Å². The molecular weight excluding hydrogens is 232 g/mol. The largest absolute Gasteiger partial charge is 0.392 e.